The lowest BCUT2D eigenvalue weighted by atomic mass is 9.89. The van der Waals surface area contributed by atoms with Crippen LogP contribution in [0.3, 0.4) is 0 Å². The second kappa shape index (κ2) is 8.40. The summed E-state index contributed by atoms with van der Waals surface area (Å²) in [7, 11) is 0. The minimum absolute atomic E-state index is 0.0703. The maximum atomic E-state index is 13.1. The Morgan fingerprint density at radius 3 is 2.71 bits per heavy atom. The number of aromatic amines is 1. The molecule has 31 heavy (non-hydrogen) atoms. The molecule has 1 aliphatic carbocycles. The molecule has 5 rings (SSSR count). The van der Waals surface area contributed by atoms with Gasteiger partial charge in [-0.3, -0.25) is 19.6 Å². The van der Waals surface area contributed by atoms with E-state index in [-0.39, 0.29) is 17.9 Å². The Morgan fingerprint density at radius 2 is 1.94 bits per heavy atom. The molecule has 1 saturated heterocycles. The monoisotopic (exact) mass is 422 g/mol. The van der Waals surface area contributed by atoms with Crippen molar-refractivity contribution in [1.29, 1.82) is 0 Å². The quantitative estimate of drug-likeness (QED) is 0.815. The van der Waals surface area contributed by atoms with E-state index in [9.17, 15) is 9.59 Å². The van der Waals surface area contributed by atoms with Crippen molar-refractivity contribution in [3.63, 3.8) is 0 Å². The SMILES string of the molecule is Cc1nc([C@H]2CCCCN2C(=O)c2ccn[nH]2)nc2c1CC(=O)N2CC1CCCCC1. The van der Waals surface area contributed by atoms with Gasteiger partial charge in [-0.25, -0.2) is 9.97 Å². The van der Waals surface area contributed by atoms with Crippen LogP contribution in [0.5, 0.6) is 0 Å². The van der Waals surface area contributed by atoms with Crippen LogP contribution >= 0.6 is 0 Å². The third-order valence-corrected chi connectivity index (χ3v) is 7.05. The number of carbonyl (C=O) groups excluding carboxylic acids is 2. The first kappa shape index (κ1) is 20.2. The van der Waals surface area contributed by atoms with E-state index in [4.69, 9.17) is 9.97 Å². The van der Waals surface area contributed by atoms with E-state index in [1.807, 2.05) is 16.7 Å². The molecule has 0 spiro atoms. The number of H-pyrrole nitrogens is 1. The van der Waals surface area contributed by atoms with Crippen molar-refractivity contribution in [2.45, 2.75) is 70.8 Å². The largest absolute Gasteiger partial charge is 0.327 e. The Morgan fingerprint density at radius 1 is 1.13 bits per heavy atom. The third kappa shape index (κ3) is 3.83. The summed E-state index contributed by atoms with van der Waals surface area (Å²) >= 11 is 0. The van der Waals surface area contributed by atoms with Gasteiger partial charge < -0.3 is 4.90 Å². The Balaban J connectivity index is 1.45. The molecule has 2 amide bonds. The maximum absolute atomic E-state index is 13.1. The van der Waals surface area contributed by atoms with Crippen molar-refractivity contribution in [3.8, 4) is 0 Å². The van der Waals surface area contributed by atoms with Gasteiger partial charge in [0.2, 0.25) is 5.91 Å². The van der Waals surface area contributed by atoms with Crippen LogP contribution in [0.1, 0.15) is 85.0 Å². The molecule has 2 aromatic rings. The number of hydrogen-bond donors (Lipinski definition) is 1. The zero-order valence-electron chi connectivity index (χ0n) is 18.1. The van der Waals surface area contributed by atoms with Crippen molar-refractivity contribution in [2.24, 2.45) is 5.92 Å². The summed E-state index contributed by atoms with van der Waals surface area (Å²) in [6.07, 6.45) is 11.0. The van der Waals surface area contributed by atoms with Gasteiger partial charge in [0.15, 0.2) is 5.82 Å². The van der Waals surface area contributed by atoms with E-state index in [2.05, 4.69) is 10.2 Å². The van der Waals surface area contributed by atoms with Gasteiger partial charge in [0.05, 0.1) is 12.5 Å². The number of fused-ring (bicyclic) bond motifs is 1. The minimum atomic E-state index is -0.180. The molecule has 1 N–H and O–H groups in total. The fourth-order valence-corrected chi connectivity index (χ4v) is 5.34. The molecule has 8 nitrogen and oxygen atoms in total. The Hall–Kier alpha value is -2.77. The molecule has 2 aromatic heterocycles. The molecule has 164 valence electrons. The molecular weight excluding hydrogens is 392 g/mol. The van der Waals surface area contributed by atoms with E-state index in [0.29, 0.717) is 30.4 Å². The first-order valence-corrected chi connectivity index (χ1v) is 11.6. The van der Waals surface area contributed by atoms with Gasteiger partial charge in [-0.05, 0) is 51.0 Å². The Kier molecular flexibility index (Phi) is 5.46. The molecule has 3 aliphatic rings. The van der Waals surface area contributed by atoms with Crippen LogP contribution in [-0.2, 0) is 11.2 Å². The lowest BCUT2D eigenvalue weighted by molar-refractivity contribution is -0.117. The topological polar surface area (TPSA) is 95.1 Å². The predicted molar refractivity (Wildman–Crippen MR) is 116 cm³/mol. The fraction of sp³-hybridized carbons (Fsp3) is 0.609. The highest BCUT2D eigenvalue weighted by Crippen LogP contribution is 2.36. The maximum Gasteiger partial charge on any atom is 0.272 e. The van der Waals surface area contributed by atoms with Gasteiger partial charge in [0.25, 0.3) is 5.91 Å². The number of rotatable bonds is 4. The van der Waals surface area contributed by atoms with E-state index in [1.54, 1.807) is 12.3 Å². The second-order valence-electron chi connectivity index (χ2n) is 9.13. The molecular formula is C23H30N6O2. The van der Waals surface area contributed by atoms with Crippen LogP contribution in [0.25, 0.3) is 0 Å². The standard InChI is InChI=1S/C23H30N6O2/c1-15-17-13-20(30)29(14-16-7-3-2-4-8-16)22(17)26-21(25-15)19-9-5-6-12-28(19)23(31)18-10-11-24-27-18/h10-11,16,19H,2-9,12-14H2,1H3,(H,24,27)/t19-/m1/s1. The number of likely N-dealkylation sites (tertiary alicyclic amines) is 1. The molecule has 2 aliphatic heterocycles. The van der Waals surface area contributed by atoms with Gasteiger partial charge in [0, 0.05) is 30.5 Å². The third-order valence-electron chi connectivity index (χ3n) is 7.05. The highest BCUT2D eigenvalue weighted by Gasteiger charge is 2.36. The first-order valence-electron chi connectivity index (χ1n) is 11.6. The summed E-state index contributed by atoms with van der Waals surface area (Å²) in [6.45, 7) is 3.39. The smallest absolute Gasteiger partial charge is 0.272 e. The second-order valence-corrected chi connectivity index (χ2v) is 9.13. The fourth-order valence-electron chi connectivity index (χ4n) is 5.34. The number of nitrogens with zero attached hydrogens (tertiary/aromatic N) is 5. The van der Waals surface area contributed by atoms with Crippen molar-refractivity contribution >= 4 is 17.6 Å². The zero-order valence-corrected chi connectivity index (χ0v) is 18.1. The lowest BCUT2D eigenvalue weighted by Gasteiger charge is -2.35. The molecule has 0 radical (unpaired) electrons. The van der Waals surface area contributed by atoms with Gasteiger partial charge in [-0.1, -0.05) is 19.3 Å². The summed E-state index contributed by atoms with van der Waals surface area (Å²) in [5.74, 6) is 2.04. The van der Waals surface area contributed by atoms with Gasteiger partial charge in [0.1, 0.15) is 11.5 Å². The Bertz CT molecular complexity index is 967. The molecule has 0 unspecified atom stereocenters. The first-order chi connectivity index (χ1) is 15.1. The average molecular weight is 423 g/mol. The molecule has 1 saturated carbocycles. The number of anilines is 1. The number of aryl methyl sites for hydroxylation is 1. The van der Waals surface area contributed by atoms with Gasteiger partial charge in [-0.2, -0.15) is 5.10 Å². The van der Waals surface area contributed by atoms with Gasteiger partial charge >= 0.3 is 0 Å². The molecule has 4 heterocycles. The van der Waals surface area contributed by atoms with Crippen molar-refractivity contribution < 1.29 is 9.59 Å². The van der Waals surface area contributed by atoms with E-state index < -0.39 is 0 Å². The number of piperidine rings is 1. The van der Waals surface area contributed by atoms with Gasteiger partial charge in [-0.15, -0.1) is 0 Å². The van der Waals surface area contributed by atoms with Crippen LogP contribution in [-0.4, -0.2) is 50.0 Å². The van der Waals surface area contributed by atoms with Crippen LogP contribution in [0.15, 0.2) is 12.3 Å². The number of hydrogen-bond acceptors (Lipinski definition) is 5. The number of carbonyl (C=O) groups is 2. The summed E-state index contributed by atoms with van der Waals surface area (Å²) in [6, 6.07) is 1.52. The summed E-state index contributed by atoms with van der Waals surface area (Å²) in [5.41, 5.74) is 2.30. The Labute approximate surface area is 182 Å². The summed E-state index contributed by atoms with van der Waals surface area (Å²) in [5, 5.41) is 6.71. The van der Waals surface area contributed by atoms with Crippen LogP contribution < -0.4 is 4.90 Å². The molecule has 8 heteroatoms. The van der Waals surface area contributed by atoms with Crippen molar-refractivity contribution in [2.75, 3.05) is 18.0 Å². The van der Waals surface area contributed by atoms with E-state index >= 15 is 0 Å². The van der Waals surface area contributed by atoms with Crippen LogP contribution in [0, 0.1) is 12.8 Å². The average Bonchev–Trinajstić information content (AvgIpc) is 3.43. The van der Waals surface area contributed by atoms with Crippen LogP contribution in [0.4, 0.5) is 5.82 Å². The van der Waals surface area contributed by atoms with Crippen molar-refractivity contribution in [1.82, 2.24) is 25.1 Å². The number of nitrogens with one attached hydrogen (secondary N) is 1. The number of amides is 2. The molecule has 0 bridgehead atoms. The highest BCUT2D eigenvalue weighted by atomic mass is 16.2. The normalized spacial score (nSPS) is 22.1. The number of aromatic nitrogens is 4. The van der Waals surface area contributed by atoms with E-state index in [0.717, 1.165) is 42.9 Å². The molecule has 0 aromatic carbocycles. The zero-order chi connectivity index (χ0) is 21.4. The van der Waals surface area contributed by atoms with Crippen LogP contribution in [0.2, 0.25) is 0 Å². The predicted octanol–water partition coefficient (Wildman–Crippen LogP) is 3.34. The van der Waals surface area contributed by atoms with E-state index in [1.165, 1.54) is 32.1 Å². The minimum Gasteiger partial charge on any atom is -0.327 e. The molecule has 2 fully saturated rings. The molecule has 1 atom stereocenters. The van der Waals surface area contributed by atoms with Crippen molar-refractivity contribution in [3.05, 3.63) is 35.0 Å². The summed E-state index contributed by atoms with van der Waals surface area (Å²) in [4.78, 5) is 39.4. The highest BCUT2D eigenvalue weighted by molar-refractivity contribution is 6.00. The summed E-state index contributed by atoms with van der Waals surface area (Å²) < 4.78 is 0. The lowest BCUT2D eigenvalue weighted by Crippen LogP contribution is -2.40.